The van der Waals surface area contributed by atoms with E-state index >= 15 is 0 Å². The van der Waals surface area contributed by atoms with Gasteiger partial charge >= 0.3 is 6.36 Å². The number of amides is 1. The summed E-state index contributed by atoms with van der Waals surface area (Å²) in [5.41, 5.74) is 0.352. The summed E-state index contributed by atoms with van der Waals surface area (Å²) < 4.78 is 42.1. The van der Waals surface area contributed by atoms with Crippen LogP contribution in [-0.4, -0.2) is 28.1 Å². The number of aromatic nitrogens is 1. The first kappa shape index (κ1) is 22.3. The van der Waals surface area contributed by atoms with Gasteiger partial charge in [-0.1, -0.05) is 29.8 Å². The average Bonchev–Trinajstić information content (AvgIpc) is 3.03. The Labute approximate surface area is 190 Å². The minimum absolute atomic E-state index is 0.0224. The molecule has 1 atom stereocenters. The van der Waals surface area contributed by atoms with E-state index in [1.165, 1.54) is 48.8 Å². The predicted molar refractivity (Wildman–Crippen MR) is 114 cm³/mol. The molecule has 1 unspecified atom stereocenters. The monoisotopic (exact) mass is 474 g/mol. The van der Waals surface area contributed by atoms with E-state index in [0.717, 1.165) is 17.0 Å². The SMILES string of the molecule is O=C1C(=O)N(c2cccc(OC(F)(F)F)c2)C(c2ccncc2)/C1=C(\O)c1cccc(Cl)c1. The van der Waals surface area contributed by atoms with Gasteiger partial charge in [0.05, 0.1) is 11.6 Å². The van der Waals surface area contributed by atoms with Crippen molar-refractivity contribution in [1.29, 1.82) is 0 Å². The highest BCUT2D eigenvalue weighted by molar-refractivity contribution is 6.51. The first-order valence-electron chi connectivity index (χ1n) is 9.48. The number of alkyl halides is 3. The number of aliphatic hydroxyl groups excluding tert-OH is 1. The number of Topliss-reactive ketones (excluding diaryl/α,β-unsaturated/α-hetero) is 1. The zero-order valence-corrected chi connectivity index (χ0v) is 17.3. The Morgan fingerprint density at radius 1 is 1.03 bits per heavy atom. The van der Waals surface area contributed by atoms with E-state index in [2.05, 4.69) is 9.72 Å². The van der Waals surface area contributed by atoms with E-state index < -0.39 is 35.6 Å². The molecule has 33 heavy (non-hydrogen) atoms. The maximum atomic E-state index is 13.0. The van der Waals surface area contributed by atoms with E-state index in [9.17, 15) is 27.9 Å². The van der Waals surface area contributed by atoms with Gasteiger partial charge in [-0.15, -0.1) is 13.2 Å². The van der Waals surface area contributed by atoms with Crippen LogP contribution in [0.4, 0.5) is 18.9 Å². The van der Waals surface area contributed by atoms with Crippen molar-refractivity contribution in [1.82, 2.24) is 4.98 Å². The first-order valence-corrected chi connectivity index (χ1v) is 9.86. The summed E-state index contributed by atoms with van der Waals surface area (Å²) in [4.78, 5) is 31.0. The highest BCUT2D eigenvalue weighted by atomic mass is 35.5. The number of carbonyl (C=O) groups excluding carboxylic acids is 2. The summed E-state index contributed by atoms with van der Waals surface area (Å²) in [6, 6.07) is 12.7. The quantitative estimate of drug-likeness (QED) is 0.317. The minimum atomic E-state index is -4.94. The summed E-state index contributed by atoms with van der Waals surface area (Å²) in [5.74, 6) is -3.06. The highest BCUT2D eigenvalue weighted by Crippen LogP contribution is 2.43. The smallest absolute Gasteiger partial charge is 0.507 e. The molecule has 6 nitrogen and oxygen atoms in total. The van der Waals surface area contributed by atoms with Crippen LogP contribution in [0.25, 0.3) is 5.76 Å². The van der Waals surface area contributed by atoms with Gasteiger partial charge < -0.3 is 9.84 Å². The van der Waals surface area contributed by atoms with Crippen molar-refractivity contribution in [3.8, 4) is 5.75 Å². The predicted octanol–water partition coefficient (Wildman–Crippen LogP) is 5.26. The standard InChI is InChI=1S/C23H14ClF3N2O4/c24-15-4-1-3-14(11-15)20(30)18-19(13-7-9-28-10-8-13)29(22(32)21(18)31)16-5-2-6-17(12-16)33-23(25,26)27/h1-12,19,30H/b20-18+. The number of pyridine rings is 1. The number of hydrogen-bond donors (Lipinski definition) is 1. The summed E-state index contributed by atoms with van der Waals surface area (Å²) >= 11 is 6.00. The molecule has 10 heteroatoms. The van der Waals surface area contributed by atoms with Crippen LogP contribution in [0.1, 0.15) is 17.2 Å². The van der Waals surface area contributed by atoms with E-state index in [1.807, 2.05) is 0 Å². The maximum Gasteiger partial charge on any atom is 0.573 e. The van der Waals surface area contributed by atoms with Gasteiger partial charge in [0.15, 0.2) is 0 Å². The molecule has 1 aromatic heterocycles. The molecule has 0 spiro atoms. The molecule has 2 heterocycles. The van der Waals surface area contributed by atoms with Crippen molar-refractivity contribution in [2.24, 2.45) is 0 Å². The Kier molecular flexibility index (Phi) is 5.82. The lowest BCUT2D eigenvalue weighted by Gasteiger charge is -2.25. The van der Waals surface area contributed by atoms with Crippen molar-refractivity contribution >= 4 is 34.7 Å². The number of anilines is 1. The Morgan fingerprint density at radius 3 is 2.39 bits per heavy atom. The normalized spacial score (nSPS) is 17.9. The maximum absolute atomic E-state index is 13.0. The van der Waals surface area contributed by atoms with Crippen LogP contribution in [0, 0.1) is 0 Å². The molecule has 0 bridgehead atoms. The minimum Gasteiger partial charge on any atom is -0.507 e. The van der Waals surface area contributed by atoms with Gasteiger partial charge in [-0.2, -0.15) is 0 Å². The Hall–Kier alpha value is -3.85. The largest absolute Gasteiger partial charge is 0.573 e. The molecule has 1 fully saturated rings. The number of aliphatic hydroxyl groups is 1. The zero-order valence-electron chi connectivity index (χ0n) is 16.6. The van der Waals surface area contributed by atoms with Gasteiger partial charge in [0.2, 0.25) is 0 Å². The highest BCUT2D eigenvalue weighted by Gasteiger charge is 2.47. The molecule has 1 saturated heterocycles. The van der Waals surface area contributed by atoms with Crippen molar-refractivity contribution in [2.45, 2.75) is 12.4 Å². The van der Waals surface area contributed by atoms with Crippen LogP contribution in [0.15, 0.2) is 78.6 Å². The molecule has 0 radical (unpaired) electrons. The first-order chi connectivity index (χ1) is 15.7. The van der Waals surface area contributed by atoms with Crippen LogP contribution in [0.2, 0.25) is 5.02 Å². The van der Waals surface area contributed by atoms with Gasteiger partial charge in [-0.25, -0.2) is 0 Å². The molecule has 1 amide bonds. The Bertz CT molecular complexity index is 1260. The number of nitrogens with zero attached hydrogens (tertiary/aromatic N) is 2. The van der Waals surface area contributed by atoms with Crippen LogP contribution in [0.3, 0.4) is 0 Å². The Morgan fingerprint density at radius 2 is 1.73 bits per heavy atom. The van der Waals surface area contributed by atoms with E-state index in [0.29, 0.717) is 10.6 Å². The Balaban J connectivity index is 1.89. The van der Waals surface area contributed by atoms with Crippen LogP contribution in [-0.2, 0) is 9.59 Å². The molecule has 4 rings (SSSR count). The molecule has 1 N–H and O–H groups in total. The zero-order chi connectivity index (χ0) is 23.8. The second kappa shape index (κ2) is 8.59. The van der Waals surface area contributed by atoms with Crippen LogP contribution in [0.5, 0.6) is 5.75 Å². The summed E-state index contributed by atoms with van der Waals surface area (Å²) in [6.45, 7) is 0. The second-order valence-electron chi connectivity index (χ2n) is 7.01. The van der Waals surface area contributed by atoms with Gasteiger partial charge in [0, 0.05) is 34.7 Å². The average molecular weight is 475 g/mol. The number of ketones is 1. The van der Waals surface area contributed by atoms with Crippen molar-refractivity contribution in [2.75, 3.05) is 4.90 Å². The fourth-order valence-corrected chi connectivity index (χ4v) is 3.77. The third-order valence-corrected chi connectivity index (χ3v) is 5.13. The topological polar surface area (TPSA) is 79.7 Å². The number of halogens is 4. The van der Waals surface area contributed by atoms with Crippen LogP contribution < -0.4 is 9.64 Å². The molecule has 2 aromatic carbocycles. The van der Waals surface area contributed by atoms with Crippen LogP contribution >= 0.6 is 11.6 Å². The number of ether oxygens (including phenoxy) is 1. The molecule has 1 aliphatic heterocycles. The number of rotatable bonds is 4. The number of benzene rings is 2. The van der Waals surface area contributed by atoms with Gasteiger partial charge in [0.1, 0.15) is 11.5 Å². The van der Waals surface area contributed by atoms with Gasteiger partial charge in [-0.3, -0.25) is 19.5 Å². The summed E-state index contributed by atoms with van der Waals surface area (Å²) in [6.07, 6.45) is -2.08. The molecular weight excluding hydrogens is 461 g/mol. The molecule has 0 aliphatic carbocycles. The molecular formula is C23H14ClF3N2O4. The lowest BCUT2D eigenvalue weighted by molar-refractivity contribution is -0.274. The van der Waals surface area contributed by atoms with Gasteiger partial charge in [-0.05, 0) is 42.0 Å². The third kappa shape index (κ3) is 4.54. The fraction of sp³-hybridized carbons (Fsp3) is 0.0870. The molecule has 1 aliphatic rings. The van der Waals surface area contributed by atoms with E-state index in [4.69, 9.17) is 11.6 Å². The fourth-order valence-electron chi connectivity index (χ4n) is 3.58. The van der Waals surface area contributed by atoms with E-state index in [-0.39, 0.29) is 16.8 Å². The second-order valence-corrected chi connectivity index (χ2v) is 7.44. The number of carbonyl (C=O) groups is 2. The van der Waals surface area contributed by atoms with Crippen molar-refractivity contribution in [3.05, 3.63) is 94.8 Å². The van der Waals surface area contributed by atoms with Crippen molar-refractivity contribution < 1.29 is 32.6 Å². The lowest BCUT2D eigenvalue weighted by Crippen LogP contribution is -2.29. The third-order valence-electron chi connectivity index (χ3n) is 4.89. The molecule has 3 aromatic rings. The lowest BCUT2D eigenvalue weighted by atomic mass is 9.96. The summed E-state index contributed by atoms with van der Waals surface area (Å²) in [7, 11) is 0. The molecule has 0 saturated carbocycles. The number of hydrogen-bond acceptors (Lipinski definition) is 5. The summed E-state index contributed by atoms with van der Waals surface area (Å²) in [5, 5.41) is 11.3. The van der Waals surface area contributed by atoms with E-state index in [1.54, 1.807) is 12.1 Å². The van der Waals surface area contributed by atoms with Crippen molar-refractivity contribution in [3.63, 3.8) is 0 Å². The molecule has 168 valence electrons. The van der Waals surface area contributed by atoms with Gasteiger partial charge in [0.25, 0.3) is 11.7 Å².